The van der Waals surface area contributed by atoms with Gasteiger partial charge in [-0.2, -0.15) is 0 Å². The average molecular weight is 511 g/mol. The van der Waals surface area contributed by atoms with Crippen LogP contribution in [0.5, 0.6) is 5.75 Å². The molecule has 1 amide bonds. The van der Waals surface area contributed by atoms with Crippen molar-refractivity contribution in [1.82, 2.24) is 19.9 Å². The maximum absolute atomic E-state index is 13.0. The number of ether oxygens (including phenoxy) is 1. The number of carbonyl (C=O) groups excluding carboxylic acids is 1. The molecule has 196 valence electrons. The normalized spacial score (nSPS) is 10.8. The summed E-state index contributed by atoms with van der Waals surface area (Å²) >= 11 is 0. The quantitative estimate of drug-likeness (QED) is 0.227. The Morgan fingerprint density at radius 3 is 2.55 bits per heavy atom. The molecule has 0 aliphatic carbocycles. The first-order valence-electron chi connectivity index (χ1n) is 12.9. The van der Waals surface area contributed by atoms with Crippen LogP contribution in [0.2, 0.25) is 0 Å². The minimum Gasteiger partial charge on any atom is -0.494 e. The van der Waals surface area contributed by atoms with Crippen molar-refractivity contribution in [3.63, 3.8) is 0 Å². The van der Waals surface area contributed by atoms with Gasteiger partial charge in [0.2, 0.25) is 5.95 Å². The van der Waals surface area contributed by atoms with Gasteiger partial charge >= 0.3 is 0 Å². The highest BCUT2D eigenvalue weighted by Gasteiger charge is 2.11. The second kappa shape index (κ2) is 13.3. The molecule has 8 heteroatoms. The lowest BCUT2D eigenvalue weighted by Crippen LogP contribution is -2.25. The van der Waals surface area contributed by atoms with Crippen LogP contribution in [0.25, 0.3) is 11.3 Å². The molecular weight excluding hydrogens is 476 g/mol. The van der Waals surface area contributed by atoms with E-state index in [4.69, 9.17) is 4.74 Å². The Morgan fingerprint density at radius 1 is 1.00 bits per heavy atom. The fraction of sp³-hybridized carbons (Fsp3) is 0.267. The Morgan fingerprint density at radius 2 is 1.82 bits per heavy atom. The van der Waals surface area contributed by atoms with E-state index in [2.05, 4.69) is 44.3 Å². The van der Waals surface area contributed by atoms with Crippen LogP contribution in [0.4, 0.5) is 17.3 Å². The van der Waals surface area contributed by atoms with Crippen LogP contribution in [0.1, 0.15) is 36.2 Å². The van der Waals surface area contributed by atoms with E-state index >= 15 is 0 Å². The van der Waals surface area contributed by atoms with Crippen molar-refractivity contribution in [3.8, 4) is 17.0 Å². The molecule has 2 aromatic heterocycles. The largest absolute Gasteiger partial charge is 0.494 e. The number of amides is 1. The molecule has 0 aliphatic rings. The Labute approximate surface area is 224 Å². The van der Waals surface area contributed by atoms with Crippen molar-refractivity contribution in [2.75, 3.05) is 36.9 Å². The highest BCUT2D eigenvalue weighted by Crippen LogP contribution is 2.23. The molecular formula is C30H34N6O2. The van der Waals surface area contributed by atoms with Crippen molar-refractivity contribution >= 4 is 23.2 Å². The number of carbonyl (C=O) groups is 1. The number of rotatable bonds is 12. The molecule has 0 aliphatic heterocycles. The summed E-state index contributed by atoms with van der Waals surface area (Å²) in [6, 6.07) is 18.6. The van der Waals surface area contributed by atoms with Crippen molar-refractivity contribution in [3.05, 3.63) is 90.4 Å². The topological polar surface area (TPSA) is 92.3 Å². The Bertz CT molecular complexity index is 1320. The van der Waals surface area contributed by atoms with Gasteiger partial charge in [-0.15, -0.1) is 0 Å². The maximum atomic E-state index is 13.0. The fourth-order valence-corrected chi connectivity index (χ4v) is 3.97. The lowest BCUT2D eigenvalue weighted by Gasteiger charge is -2.17. The Balaban J connectivity index is 1.36. The van der Waals surface area contributed by atoms with E-state index < -0.39 is 0 Å². The highest BCUT2D eigenvalue weighted by atomic mass is 16.5. The van der Waals surface area contributed by atoms with E-state index in [9.17, 15) is 4.79 Å². The summed E-state index contributed by atoms with van der Waals surface area (Å²) < 4.78 is 5.85. The summed E-state index contributed by atoms with van der Waals surface area (Å²) in [5.41, 5.74) is 4.62. The van der Waals surface area contributed by atoms with Crippen molar-refractivity contribution < 1.29 is 9.53 Å². The zero-order valence-corrected chi connectivity index (χ0v) is 22.1. The summed E-state index contributed by atoms with van der Waals surface area (Å²) in [6.45, 7) is 10.1. The van der Waals surface area contributed by atoms with Gasteiger partial charge in [0.25, 0.3) is 5.91 Å². The number of hydrogen-bond donors (Lipinski definition) is 2. The van der Waals surface area contributed by atoms with Gasteiger partial charge < -0.3 is 20.3 Å². The molecule has 0 radical (unpaired) electrons. The Hall–Kier alpha value is -4.30. The van der Waals surface area contributed by atoms with Crippen LogP contribution in [0.15, 0.2) is 79.3 Å². The van der Waals surface area contributed by atoms with Crippen LogP contribution in [-0.2, 0) is 0 Å². The van der Waals surface area contributed by atoms with Gasteiger partial charge in [-0.3, -0.25) is 9.78 Å². The second-order valence-electron chi connectivity index (χ2n) is 8.87. The third-order valence-corrected chi connectivity index (χ3v) is 6.25. The van der Waals surface area contributed by atoms with Crippen molar-refractivity contribution in [2.45, 2.75) is 27.2 Å². The van der Waals surface area contributed by atoms with Crippen LogP contribution >= 0.6 is 0 Å². The molecule has 0 fully saturated rings. The molecule has 0 atom stereocenters. The molecule has 2 N–H and O–H groups in total. The summed E-state index contributed by atoms with van der Waals surface area (Å²) in [5.74, 6) is 1.03. The molecule has 8 nitrogen and oxygen atoms in total. The lowest BCUT2D eigenvalue weighted by molar-refractivity contribution is 0.102. The first-order chi connectivity index (χ1) is 18.6. The smallest absolute Gasteiger partial charge is 0.255 e. The molecule has 38 heavy (non-hydrogen) atoms. The van der Waals surface area contributed by atoms with E-state index in [1.54, 1.807) is 30.7 Å². The maximum Gasteiger partial charge on any atom is 0.255 e. The Kier molecular flexibility index (Phi) is 9.37. The SMILES string of the molecule is CCN(CC)CCCOc1ccc(NC(=O)c2ccc(C)c(Nc3nccc(-c4cccnc4)n3)c2)cc1. The zero-order chi connectivity index (χ0) is 26.7. The predicted molar refractivity (Wildman–Crippen MR) is 152 cm³/mol. The van der Waals surface area contributed by atoms with Crippen LogP contribution in [0.3, 0.4) is 0 Å². The number of benzene rings is 2. The molecule has 0 saturated carbocycles. The van der Waals surface area contributed by atoms with Gasteiger partial charge in [0.1, 0.15) is 5.75 Å². The molecule has 0 unspecified atom stereocenters. The summed E-state index contributed by atoms with van der Waals surface area (Å²) in [6.07, 6.45) is 6.15. The van der Waals surface area contributed by atoms with Gasteiger partial charge in [-0.1, -0.05) is 19.9 Å². The summed E-state index contributed by atoms with van der Waals surface area (Å²) in [5, 5.41) is 6.20. The van der Waals surface area contributed by atoms with Gasteiger partial charge in [-0.25, -0.2) is 9.97 Å². The van der Waals surface area contributed by atoms with E-state index in [1.807, 2.05) is 55.5 Å². The van der Waals surface area contributed by atoms with Gasteiger partial charge in [0.15, 0.2) is 0 Å². The van der Waals surface area contributed by atoms with Gasteiger partial charge in [-0.05, 0) is 86.6 Å². The predicted octanol–water partition coefficient (Wildman–Crippen LogP) is 5.95. The number of aryl methyl sites for hydroxylation is 1. The minimum absolute atomic E-state index is 0.203. The molecule has 0 saturated heterocycles. The fourth-order valence-electron chi connectivity index (χ4n) is 3.97. The summed E-state index contributed by atoms with van der Waals surface area (Å²) in [4.78, 5) is 28.4. The number of hydrogen-bond acceptors (Lipinski definition) is 7. The molecule has 2 heterocycles. The number of anilines is 3. The number of nitrogens with zero attached hydrogens (tertiary/aromatic N) is 4. The molecule has 0 spiro atoms. The van der Waals surface area contributed by atoms with E-state index in [0.29, 0.717) is 23.8 Å². The third-order valence-electron chi connectivity index (χ3n) is 6.25. The second-order valence-corrected chi connectivity index (χ2v) is 8.87. The van der Waals surface area contributed by atoms with Crippen molar-refractivity contribution in [2.24, 2.45) is 0 Å². The zero-order valence-electron chi connectivity index (χ0n) is 22.1. The molecule has 4 rings (SSSR count). The molecule has 2 aromatic carbocycles. The van der Waals surface area contributed by atoms with Crippen LogP contribution in [0, 0.1) is 6.92 Å². The third kappa shape index (κ3) is 7.36. The monoisotopic (exact) mass is 510 g/mol. The summed E-state index contributed by atoms with van der Waals surface area (Å²) in [7, 11) is 0. The number of aromatic nitrogens is 3. The van der Waals surface area contributed by atoms with E-state index in [1.165, 1.54) is 0 Å². The number of pyridine rings is 1. The highest BCUT2D eigenvalue weighted by molar-refractivity contribution is 6.05. The lowest BCUT2D eigenvalue weighted by atomic mass is 10.1. The van der Waals surface area contributed by atoms with Crippen LogP contribution in [-0.4, -0.2) is 52.0 Å². The molecule has 0 bridgehead atoms. The standard InChI is InChI=1S/C30H34N6O2/c1-4-36(5-2)18-7-19-38-26-13-11-25(12-14-26)33-29(37)23-10-9-22(3)28(20-23)35-30-32-17-15-27(34-30)24-8-6-16-31-21-24/h6,8-17,20-21H,4-5,7,18-19H2,1-3H3,(H,33,37)(H,32,34,35). The average Bonchev–Trinajstić information content (AvgIpc) is 2.96. The van der Waals surface area contributed by atoms with E-state index in [0.717, 1.165) is 54.3 Å². The van der Waals surface area contributed by atoms with Gasteiger partial charge in [0, 0.05) is 47.6 Å². The number of nitrogens with one attached hydrogen (secondary N) is 2. The first kappa shape index (κ1) is 26.8. The molecule has 4 aromatic rings. The van der Waals surface area contributed by atoms with Gasteiger partial charge in [0.05, 0.1) is 12.3 Å². The van der Waals surface area contributed by atoms with Crippen molar-refractivity contribution in [1.29, 1.82) is 0 Å². The van der Waals surface area contributed by atoms with E-state index in [-0.39, 0.29) is 5.91 Å². The van der Waals surface area contributed by atoms with Crippen LogP contribution < -0.4 is 15.4 Å². The first-order valence-corrected chi connectivity index (χ1v) is 12.9. The minimum atomic E-state index is -0.203.